The normalized spacial score (nSPS) is 9.70. The van der Waals surface area contributed by atoms with Gasteiger partial charge in [-0.2, -0.15) is 0 Å². The van der Waals surface area contributed by atoms with Crippen molar-refractivity contribution in [2.75, 3.05) is 26.3 Å². The van der Waals surface area contributed by atoms with Gasteiger partial charge in [-0.05, 0) is 0 Å². The molecular weight excluding hydrogens is 357 g/mol. The molecule has 3 nitrogen and oxygen atoms in total. The van der Waals surface area contributed by atoms with Crippen LogP contribution in [-0.2, 0) is 0 Å². The zero-order valence-electron chi connectivity index (χ0n) is 11.5. The van der Waals surface area contributed by atoms with Crippen LogP contribution in [0.25, 0.3) is 0 Å². The van der Waals surface area contributed by atoms with Gasteiger partial charge >= 0.3 is 89.0 Å². The van der Waals surface area contributed by atoms with Crippen molar-refractivity contribution in [2.24, 2.45) is 0 Å². The molecule has 2 radical (unpaired) electrons. The van der Waals surface area contributed by atoms with Crippen LogP contribution in [0.1, 0.15) is 0 Å². The quantitative estimate of drug-likeness (QED) is 0.487. The number of rotatable bonds is 6. The van der Waals surface area contributed by atoms with Crippen molar-refractivity contribution in [3.8, 4) is 0 Å². The molecule has 0 amide bonds. The number of aliphatic hydroxyl groups excluding tert-OH is 2. The number of hydrogen-bond donors (Lipinski definition) is 3. The third-order valence-electron chi connectivity index (χ3n) is 2.41. The molecule has 0 saturated heterocycles. The maximum absolute atomic E-state index is 8.15. The Bertz CT molecular complexity index is 395. The average molecular weight is 378 g/mol. The van der Waals surface area contributed by atoms with Crippen LogP contribution < -0.4 is 12.5 Å². The molecule has 2 rings (SSSR count). The van der Waals surface area contributed by atoms with E-state index in [0.29, 0.717) is 13.1 Å². The molecule has 4 heteroatoms. The van der Waals surface area contributed by atoms with Crippen molar-refractivity contribution < 1.29 is 10.2 Å². The maximum atomic E-state index is 8.15. The molecule has 0 unspecified atom stereocenters. The molecule has 106 valence electrons. The van der Waals surface area contributed by atoms with E-state index in [9.17, 15) is 0 Å². The van der Waals surface area contributed by atoms with E-state index in [1.54, 1.807) is 0 Å². The molecule has 0 saturated carbocycles. The van der Waals surface area contributed by atoms with E-state index >= 15 is 0 Å². The van der Waals surface area contributed by atoms with Crippen molar-refractivity contribution in [1.29, 1.82) is 0 Å². The first-order valence-corrected chi connectivity index (χ1v) is 9.52. The topological polar surface area (TPSA) is 52.5 Å². The molecule has 0 spiro atoms. The van der Waals surface area contributed by atoms with Crippen molar-refractivity contribution in [3.05, 3.63) is 60.7 Å². The summed E-state index contributed by atoms with van der Waals surface area (Å²) in [6, 6.07) is 21.6. The van der Waals surface area contributed by atoms with Crippen LogP contribution in [0.15, 0.2) is 60.7 Å². The molecule has 20 heavy (non-hydrogen) atoms. The summed E-state index contributed by atoms with van der Waals surface area (Å²) in [6.45, 7) is 1.42. The Morgan fingerprint density at radius 2 is 1.10 bits per heavy atom. The van der Waals surface area contributed by atoms with Gasteiger partial charge in [0.05, 0.1) is 13.2 Å². The average Bonchev–Trinajstić information content (AvgIpc) is 2.51. The van der Waals surface area contributed by atoms with Crippen molar-refractivity contribution in [3.63, 3.8) is 0 Å². The zero-order chi connectivity index (χ0) is 14.5. The third-order valence-corrected chi connectivity index (χ3v) is 5.96. The predicted octanol–water partition coefficient (Wildman–Crippen LogP) is -0.0978. The Labute approximate surface area is 130 Å². The van der Waals surface area contributed by atoms with Crippen LogP contribution in [0, 0.1) is 0 Å². The molecule has 0 aliphatic rings. The summed E-state index contributed by atoms with van der Waals surface area (Å²) < 4.78 is 3.08. The van der Waals surface area contributed by atoms with Gasteiger partial charge in [-0.15, -0.1) is 0 Å². The van der Waals surface area contributed by atoms with Gasteiger partial charge < -0.3 is 15.5 Å². The van der Waals surface area contributed by atoms with E-state index in [1.165, 1.54) is 7.16 Å². The molecule has 0 bridgehead atoms. The minimum atomic E-state index is -0.517. The summed E-state index contributed by atoms with van der Waals surface area (Å²) in [7, 11) is 0. The van der Waals surface area contributed by atoms with Crippen LogP contribution in [0.5, 0.6) is 0 Å². The molecular formula is C16H21NO2Sn. The van der Waals surface area contributed by atoms with E-state index in [0.717, 1.165) is 0 Å². The molecule has 2 aromatic rings. The van der Waals surface area contributed by atoms with Gasteiger partial charge in [0, 0.05) is 13.1 Å². The van der Waals surface area contributed by atoms with E-state index in [4.69, 9.17) is 10.2 Å². The number of aliphatic hydroxyl groups is 2. The molecule has 0 aromatic heterocycles. The fourth-order valence-corrected chi connectivity index (χ4v) is 4.49. The second kappa shape index (κ2) is 11.9. The monoisotopic (exact) mass is 379 g/mol. The van der Waals surface area contributed by atoms with Gasteiger partial charge in [0.2, 0.25) is 0 Å². The van der Waals surface area contributed by atoms with Crippen LogP contribution in [0.3, 0.4) is 0 Å². The zero-order valence-corrected chi connectivity index (χ0v) is 14.4. The number of hydrogen-bond acceptors (Lipinski definition) is 3. The first-order valence-electron chi connectivity index (χ1n) is 6.66. The van der Waals surface area contributed by atoms with Crippen LogP contribution in [0.4, 0.5) is 0 Å². The van der Waals surface area contributed by atoms with Gasteiger partial charge in [-0.1, -0.05) is 0 Å². The van der Waals surface area contributed by atoms with E-state index < -0.39 is 21.1 Å². The summed E-state index contributed by atoms with van der Waals surface area (Å²) in [4.78, 5) is 0. The standard InChI is InChI=1S/2C6H5.C4H11NO2.Sn/c2*1-2-4-6-5-3-1;6-3-1-5-2-4-7;/h2*1-5H;5-7H,1-4H2;. The van der Waals surface area contributed by atoms with Gasteiger partial charge in [-0.3, -0.25) is 0 Å². The summed E-state index contributed by atoms with van der Waals surface area (Å²) in [6.07, 6.45) is 0. The second-order valence-electron chi connectivity index (χ2n) is 4.05. The van der Waals surface area contributed by atoms with Crippen molar-refractivity contribution >= 4 is 28.3 Å². The van der Waals surface area contributed by atoms with Gasteiger partial charge in [0.15, 0.2) is 0 Å². The molecule has 3 N–H and O–H groups in total. The van der Waals surface area contributed by atoms with Crippen LogP contribution in [-0.4, -0.2) is 57.7 Å². The van der Waals surface area contributed by atoms with E-state index in [1.807, 2.05) is 0 Å². The van der Waals surface area contributed by atoms with E-state index in [2.05, 4.69) is 66.0 Å². The molecule has 0 aliphatic carbocycles. The predicted molar refractivity (Wildman–Crippen MR) is 84.9 cm³/mol. The Balaban J connectivity index is 0.000000246. The van der Waals surface area contributed by atoms with Crippen LogP contribution >= 0.6 is 0 Å². The fourth-order valence-electron chi connectivity index (χ4n) is 1.49. The molecule has 0 aliphatic heterocycles. The first-order chi connectivity index (χ1) is 9.86. The molecule has 0 atom stereocenters. The summed E-state index contributed by atoms with van der Waals surface area (Å²) in [5.74, 6) is 0. The first kappa shape index (κ1) is 17.2. The fraction of sp³-hybridized carbons (Fsp3) is 0.250. The molecule has 0 heterocycles. The number of benzene rings is 2. The Morgan fingerprint density at radius 1 is 0.700 bits per heavy atom. The van der Waals surface area contributed by atoms with Gasteiger partial charge in [0.25, 0.3) is 0 Å². The minimum absolute atomic E-state index is 0.139. The number of nitrogens with one attached hydrogen (secondary N) is 1. The Kier molecular flexibility index (Phi) is 10.2. The van der Waals surface area contributed by atoms with E-state index in [-0.39, 0.29) is 13.2 Å². The van der Waals surface area contributed by atoms with Crippen LogP contribution in [0.2, 0.25) is 0 Å². The van der Waals surface area contributed by atoms with Gasteiger partial charge in [-0.25, -0.2) is 0 Å². The summed E-state index contributed by atoms with van der Waals surface area (Å²) >= 11 is -0.517. The van der Waals surface area contributed by atoms with Gasteiger partial charge in [0.1, 0.15) is 0 Å². The third kappa shape index (κ3) is 8.32. The Hall–Kier alpha value is -0.881. The second-order valence-corrected chi connectivity index (χ2v) is 8.06. The van der Waals surface area contributed by atoms with Crippen molar-refractivity contribution in [2.45, 2.75) is 0 Å². The Morgan fingerprint density at radius 3 is 1.45 bits per heavy atom. The van der Waals surface area contributed by atoms with Crippen molar-refractivity contribution in [1.82, 2.24) is 5.32 Å². The summed E-state index contributed by atoms with van der Waals surface area (Å²) in [5, 5.41) is 19.1. The molecule has 0 fully saturated rings. The SMILES string of the molecule is OCCNCCO.c1cc[c]([Sn][c]2ccccc2)cc1. The molecule has 2 aromatic carbocycles. The summed E-state index contributed by atoms with van der Waals surface area (Å²) in [5.41, 5.74) is 0.